The third-order valence-electron chi connectivity index (χ3n) is 2.99. The molecule has 0 aromatic heterocycles. The Labute approximate surface area is 108 Å². The Kier molecular flexibility index (Phi) is 4.13. The predicted octanol–water partition coefficient (Wildman–Crippen LogP) is 3.26. The molecule has 18 heavy (non-hydrogen) atoms. The Morgan fingerprint density at radius 3 is 2.11 bits per heavy atom. The van der Waals surface area contributed by atoms with Crippen LogP contribution in [0.1, 0.15) is 18.1 Å². The number of nitrogens with zero attached hydrogens (tertiary/aromatic N) is 1. The fourth-order valence-electron chi connectivity index (χ4n) is 1.95. The molecule has 0 atom stereocenters. The van der Waals surface area contributed by atoms with Gasteiger partial charge in [0.25, 0.3) is 0 Å². The molecule has 0 aliphatic heterocycles. The van der Waals surface area contributed by atoms with E-state index < -0.39 is 0 Å². The molecule has 2 aromatic rings. The van der Waals surface area contributed by atoms with Crippen molar-refractivity contribution in [2.24, 2.45) is 0 Å². The quantitative estimate of drug-likeness (QED) is 0.733. The van der Waals surface area contributed by atoms with Crippen molar-refractivity contribution in [1.29, 1.82) is 0 Å². The number of hydrogen-bond donors (Lipinski definition) is 0. The molecule has 0 aliphatic carbocycles. The molecule has 0 N–H and O–H groups in total. The lowest BCUT2D eigenvalue weighted by Crippen LogP contribution is -2.19. The second-order valence-electron chi connectivity index (χ2n) is 4.22. The number of amides is 1. The van der Waals surface area contributed by atoms with E-state index in [1.54, 1.807) is 4.90 Å². The molecule has 2 rings (SSSR count). The van der Waals surface area contributed by atoms with Crippen LogP contribution in [0.2, 0.25) is 0 Å². The molecule has 0 spiro atoms. The molecule has 0 aliphatic rings. The van der Waals surface area contributed by atoms with E-state index in [9.17, 15) is 4.79 Å². The van der Waals surface area contributed by atoms with E-state index in [-0.39, 0.29) is 0 Å². The van der Waals surface area contributed by atoms with E-state index >= 15 is 0 Å². The van der Waals surface area contributed by atoms with Gasteiger partial charge in [-0.3, -0.25) is 4.79 Å². The number of carbonyl (C=O) groups excluding carboxylic acids is 1. The summed E-state index contributed by atoms with van der Waals surface area (Å²) < 4.78 is 0. The SMILES string of the molecule is CCN(C=O)c1ccc(Cc2ccccc2)cc1. The van der Waals surface area contributed by atoms with Crippen molar-refractivity contribution in [2.45, 2.75) is 13.3 Å². The van der Waals surface area contributed by atoms with Crippen molar-refractivity contribution < 1.29 is 4.79 Å². The molecule has 2 nitrogen and oxygen atoms in total. The second-order valence-corrected chi connectivity index (χ2v) is 4.22. The zero-order valence-corrected chi connectivity index (χ0v) is 10.5. The summed E-state index contributed by atoms with van der Waals surface area (Å²) in [5, 5.41) is 0. The van der Waals surface area contributed by atoms with Crippen LogP contribution in [0.3, 0.4) is 0 Å². The first-order valence-corrected chi connectivity index (χ1v) is 6.18. The summed E-state index contributed by atoms with van der Waals surface area (Å²) in [4.78, 5) is 12.5. The van der Waals surface area contributed by atoms with Gasteiger partial charge in [0, 0.05) is 12.2 Å². The van der Waals surface area contributed by atoms with E-state index in [0.29, 0.717) is 6.54 Å². The summed E-state index contributed by atoms with van der Waals surface area (Å²) in [6, 6.07) is 18.5. The summed E-state index contributed by atoms with van der Waals surface area (Å²) >= 11 is 0. The van der Waals surface area contributed by atoms with Gasteiger partial charge < -0.3 is 4.90 Å². The Morgan fingerprint density at radius 1 is 0.944 bits per heavy atom. The van der Waals surface area contributed by atoms with Crippen LogP contribution in [-0.2, 0) is 11.2 Å². The van der Waals surface area contributed by atoms with Gasteiger partial charge in [0.2, 0.25) is 6.41 Å². The van der Waals surface area contributed by atoms with Crippen LogP contribution in [0.4, 0.5) is 5.69 Å². The molecular formula is C16H17NO. The third kappa shape index (κ3) is 2.98. The summed E-state index contributed by atoms with van der Waals surface area (Å²) in [5.74, 6) is 0. The highest BCUT2D eigenvalue weighted by molar-refractivity contribution is 5.74. The molecule has 0 unspecified atom stereocenters. The third-order valence-corrected chi connectivity index (χ3v) is 2.99. The van der Waals surface area contributed by atoms with Crippen LogP contribution in [0.5, 0.6) is 0 Å². The van der Waals surface area contributed by atoms with Crippen molar-refractivity contribution in [1.82, 2.24) is 0 Å². The molecular weight excluding hydrogens is 222 g/mol. The maximum atomic E-state index is 10.8. The first-order chi connectivity index (χ1) is 8.83. The molecule has 2 heteroatoms. The lowest BCUT2D eigenvalue weighted by molar-refractivity contribution is -0.107. The van der Waals surface area contributed by atoms with Crippen molar-refractivity contribution in [3.63, 3.8) is 0 Å². The molecule has 1 amide bonds. The molecule has 92 valence electrons. The van der Waals surface area contributed by atoms with Gasteiger partial charge in [-0.1, -0.05) is 42.5 Å². The normalized spacial score (nSPS) is 10.1. The largest absolute Gasteiger partial charge is 0.315 e. The van der Waals surface area contributed by atoms with Crippen molar-refractivity contribution in [3.8, 4) is 0 Å². The maximum absolute atomic E-state index is 10.8. The van der Waals surface area contributed by atoms with E-state index in [1.807, 2.05) is 25.1 Å². The Balaban J connectivity index is 2.10. The zero-order chi connectivity index (χ0) is 12.8. The van der Waals surface area contributed by atoms with Gasteiger partial charge in [-0.2, -0.15) is 0 Å². The van der Waals surface area contributed by atoms with Gasteiger partial charge in [-0.15, -0.1) is 0 Å². The summed E-state index contributed by atoms with van der Waals surface area (Å²) in [7, 11) is 0. The van der Waals surface area contributed by atoms with Crippen LogP contribution in [0.15, 0.2) is 54.6 Å². The van der Waals surface area contributed by atoms with Crippen molar-refractivity contribution in [3.05, 3.63) is 65.7 Å². The van der Waals surface area contributed by atoms with Gasteiger partial charge in [-0.05, 0) is 36.6 Å². The molecule has 0 saturated carbocycles. The summed E-state index contributed by atoms with van der Waals surface area (Å²) in [6.07, 6.45) is 1.79. The Hall–Kier alpha value is -2.09. The number of rotatable bonds is 5. The van der Waals surface area contributed by atoms with Gasteiger partial charge >= 0.3 is 0 Å². The van der Waals surface area contributed by atoms with E-state index in [4.69, 9.17) is 0 Å². The molecule has 0 saturated heterocycles. The fourth-order valence-corrected chi connectivity index (χ4v) is 1.95. The minimum absolute atomic E-state index is 0.696. The van der Waals surface area contributed by atoms with Gasteiger partial charge in [-0.25, -0.2) is 0 Å². The van der Waals surface area contributed by atoms with Gasteiger partial charge in [0.15, 0.2) is 0 Å². The van der Waals surface area contributed by atoms with Crippen molar-refractivity contribution in [2.75, 3.05) is 11.4 Å². The molecule has 0 bridgehead atoms. The first-order valence-electron chi connectivity index (χ1n) is 6.18. The van der Waals surface area contributed by atoms with Gasteiger partial charge in [0.1, 0.15) is 0 Å². The van der Waals surface area contributed by atoms with Crippen LogP contribution in [0.25, 0.3) is 0 Å². The molecule has 0 radical (unpaired) electrons. The highest BCUT2D eigenvalue weighted by Crippen LogP contribution is 2.16. The average molecular weight is 239 g/mol. The lowest BCUT2D eigenvalue weighted by atomic mass is 10.0. The zero-order valence-electron chi connectivity index (χ0n) is 10.5. The van der Waals surface area contributed by atoms with E-state index in [0.717, 1.165) is 18.5 Å². The number of hydrogen-bond acceptors (Lipinski definition) is 1. The van der Waals surface area contributed by atoms with E-state index in [1.165, 1.54) is 11.1 Å². The van der Waals surface area contributed by atoms with Crippen LogP contribution in [-0.4, -0.2) is 13.0 Å². The van der Waals surface area contributed by atoms with E-state index in [2.05, 4.69) is 36.4 Å². The molecule has 0 fully saturated rings. The minimum Gasteiger partial charge on any atom is -0.315 e. The lowest BCUT2D eigenvalue weighted by Gasteiger charge is -2.15. The Morgan fingerprint density at radius 2 is 1.56 bits per heavy atom. The van der Waals surface area contributed by atoms with Crippen LogP contribution < -0.4 is 4.90 Å². The average Bonchev–Trinajstić information content (AvgIpc) is 2.43. The molecule has 2 aromatic carbocycles. The highest BCUT2D eigenvalue weighted by Gasteiger charge is 2.02. The maximum Gasteiger partial charge on any atom is 0.214 e. The standard InChI is InChI=1S/C16H17NO/c1-2-17(13-18)16-10-8-15(9-11-16)12-14-6-4-3-5-7-14/h3-11,13H,2,12H2,1H3. The summed E-state index contributed by atoms with van der Waals surface area (Å²) in [6.45, 7) is 2.66. The second kappa shape index (κ2) is 6.01. The van der Waals surface area contributed by atoms with Crippen LogP contribution in [0, 0.1) is 0 Å². The van der Waals surface area contributed by atoms with Gasteiger partial charge in [0.05, 0.1) is 0 Å². The van der Waals surface area contributed by atoms with Crippen molar-refractivity contribution >= 4 is 12.1 Å². The Bertz CT molecular complexity index is 490. The minimum atomic E-state index is 0.696. The number of benzene rings is 2. The first kappa shape index (κ1) is 12.4. The fraction of sp³-hybridized carbons (Fsp3) is 0.188. The topological polar surface area (TPSA) is 20.3 Å². The molecule has 0 heterocycles. The number of anilines is 1. The predicted molar refractivity (Wildman–Crippen MR) is 74.8 cm³/mol. The summed E-state index contributed by atoms with van der Waals surface area (Å²) in [5.41, 5.74) is 3.50. The highest BCUT2D eigenvalue weighted by atomic mass is 16.1. The number of carbonyl (C=O) groups is 1. The smallest absolute Gasteiger partial charge is 0.214 e. The van der Waals surface area contributed by atoms with Crippen LogP contribution >= 0.6 is 0 Å². The monoisotopic (exact) mass is 239 g/mol.